The monoisotopic (exact) mass is 234 g/mol. The van der Waals surface area contributed by atoms with Crippen LogP contribution in [0.5, 0.6) is 0 Å². The molecule has 92 valence electrons. The normalized spacial score (nSPS) is 21.2. The van der Waals surface area contributed by atoms with Crippen molar-refractivity contribution in [3.8, 4) is 0 Å². The number of nitrogens with zero attached hydrogens (tertiary/aromatic N) is 1. The SMILES string of the molecule is O=C(Cn1ccc(C(O)C2CC2)c1)NC1CC1. The summed E-state index contributed by atoms with van der Waals surface area (Å²) in [6, 6.07) is 2.32. The molecule has 0 radical (unpaired) electrons. The van der Waals surface area contributed by atoms with Gasteiger partial charge in [-0.25, -0.2) is 0 Å². The molecule has 2 N–H and O–H groups in total. The molecular formula is C13H18N2O2. The summed E-state index contributed by atoms with van der Waals surface area (Å²) in [5.74, 6) is 0.502. The number of rotatable bonds is 5. The lowest BCUT2D eigenvalue weighted by atomic mass is 10.1. The number of aliphatic hydroxyl groups is 1. The lowest BCUT2D eigenvalue weighted by Crippen LogP contribution is -2.28. The van der Waals surface area contributed by atoms with Crippen LogP contribution in [0.3, 0.4) is 0 Å². The number of carbonyl (C=O) groups excluding carboxylic acids is 1. The number of carbonyl (C=O) groups is 1. The fraction of sp³-hybridized carbons (Fsp3) is 0.615. The molecule has 2 saturated carbocycles. The number of aromatic nitrogens is 1. The first-order chi connectivity index (χ1) is 8.22. The first-order valence-electron chi connectivity index (χ1n) is 6.35. The molecule has 17 heavy (non-hydrogen) atoms. The number of amides is 1. The molecule has 1 atom stereocenters. The van der Waals surface area contributed by atoms with E-state index in [1.165, 1.54) is 0 Å². The third kappa shape index (κ3) is 2.69. The maximum absolute atomic E-state index is 11.6. The van der Waals surface area contributed by atoms with E-state index in [0.717, 1.165) is 31.2 Å². The van der Waals surface area contributed by atoms with Gasteiger partial charge in [0.15, 0.2) is 0 Å². The quantitative estimate of drug-likeness (QED) is 0.804. The van der Waals surface area contributed by atoms with E-state index in [0.29, 0.717) is 18.5 Å². The Labute approximate surface area is 101 Å². The molecule has 2 fully saturated rings. The number of hydrogen-bond donors (Lipinski definition) is 2. The molecule has 0 spiro atoms. The van der Waals surface area contributed by atoms with Gasteiger partial charge in [-0.05, 0) is 43.2 Å². The topological polar surface area (TPSA) is 54.3 Å². The summed E-state index contributed by atoms with van der Waals surface area (Å²) in [6.45, 7) is 0.355. The van der Waals surface area contributed by atoms with Crippen molar-refractivity contribution in [1.82, 2.24) is 9.88 Å². The molecule has 1 amide bonds. The summed E-state index contributed by atoms with van der Waals surface area (Å²) >= 11 is 0. The molecule has 1 unspecified atom stereocenters. The smallest absolute Gasteiger partial charge is 0.240 e. The number of hydrogen-bond acceptors (Lipinski definition) is 2. The molecule has 1 aromatic rings. The van der Waals surface area contributed by atoms with Crippen LogP contribution >= 0.6 is 0 Å². The minimum Gasteiger partial charge on any atom is -0.388 e. The van der Waals surface area contributed by atoms with Crippen LogP contribution in [0.4, 0.5) is 0 Å². The van der Waals surface area contributed by atoms with Gasteiger partial charge in [0.05, 0.1) is 6.10 Å². The zero-order valence-corrected chi connectivity index (χ0v) is 9.80. The van der Waals surface area contributed by atoms with Crippen LogP contribution in [0.25, 0.3) is 0 Å². The van der Waals surface area contributed by atoms with Gasteiger partial charge in [-0.1, -0.05) is 0 Å². The average Bonchev–Trinajstić information content (AvgIpc) is 3.18. The maximum Gasteiger partial charge on any atom is 0.240 e. The third-order valence-electron chi connectivity index (χ3n) is 3.45. The van der Waals surface area contributed by atoms with E-state index < -0.39 is 0 Å². The summed E-state index contributed by atoms with van der Waals surface area (Å²) in [6.07, 6.45) is 7.88. The Morgan fingerprint density at radius 2 is 2.24 bits per heavy atom. The lowest BCUT2D eigenvalue weighted by molar-refractivity contribution is -0.121. The van der Waals surface area contributed by atoms with Crippen LogP contribution in [0.2, 0.25) is 0 Å². The van der Waals surface area contributed by atoms with E-state index >= 15 is 0 Å². The molecule has 4 heteroatoms. The van der Waals surface area contributed by atoms with Crippen molar-refractivity contribution in [1.29, 1.82) is 0 Å². The Morgan fingerprint density at radius 1 is 1.47 bits per heavy atom. The summed E-state index contributed by atoms with van der Waals surface area (Å²) < 4.78 is 1.85. The molecule has 4 nitrogen and oxygen atoms in total. The number of aliphatic hydroxyl groups excluding tert-OH is 1. The Kier molecular flexibility index (Phi) is 2.67. The van der Waals surface area contributed by atoms with Gasteiger partial charge in [-0.3, -0.25) is 4.79 Å². The second-order valence-corrected chi connectivity index (χ2v) is 5.24. The summed E-state index contributed by atoms with van der Waals surface area (Å²) in [5.41, 5.74) is 0.937. The molecule has 0 aromatic carbocycles. The Bertz CT molecular complexity index is 419. The van der Waals surface area contributed by atoms with Gasteiger partial charge in [0.2, 0.25) is 5.91 Å². The van der Waals surface area contributed by atoms with Crippen LogP contribution in [0.15, 0.2) is 18.5 Å². The summed E-state index contributed by atoms with van der Waals surface area (Å²) in [7, 11) is 0. The van der Waals surface area contributed by atoms with Gasteiger partial charge in [0.1, 0.15) is 6.54 Å². The number of nitrogens with one attached hydrogen (secondary N) is 1. The minimum atomic E-state index is -0.345. The van der Waals surface area contributed by atoms with Gasteiger partial charge < -0.3 is 15.0 Å². The zero-order valence-electron chi connectivity index (χ0n) is 9.80. The first-order valence-corrected chi connectivity index (χ1v) is 6.35. The lowest BCUT2D eigenvalue weighted by Gasteiger charge is -2.06. The first kappa shape index (κ1) is 10.8. The Balaban J connectivity index is 1.57. The fourth-order valence-electron chi connectivity index (χ4n) is 2.08. The largest absolute Gasteiger partial charge is 0.388 e. The highest BCUT2D eigenvalue weighted by Gasteiger charge is 2.31. The van der Waals surface area contributed by atoms with E-state index in [9.17, 15) is 9.90 Å². The Hall–Kier alpha value is -1.29. The van der Waals surface area contributed by atoms with Gasteiger partial charge in [0.25, 0.3) is 0 Å². The van der Waals surface area contributed by atoms with Crippen molar-refractivity contribution >= 4 is 5.91 Å². The van der Waals surface area contributed by atoms with Crippen LogP contribution in [-0.2, 0) is 11.3 Å². The average molecular weight is 234 g/mol. The van der Waals surface area contributed by atoms with Crippen molar-refractivity contribution in [3.63, 3.8) is 0 Å². The predicted molar refractivity (Wildman–Crippen MR) is 63.3 cm³/mol. The van der Waals surface area contributed by atoms with Gasteiger partial charge in [0, 0.05) is 18.4 Å². The second-order valence-electron chi connectivity index (χ2n) is 5.24. The molecular weight excluding hydrogens is 216 g/mol. The molecule has 3 rings (SSSR count). The van der Waals surface area contributed by atoms with E-state index in [-0.39, 0.29) is 12.0 Å². The van der Waals surface area contributed by atoms with Gasteiger partial charge >= 0.3 is 0 Å². The zero-order chi connectivity index (χ0) is 11.8. The molecule has 2 aliphatic carbocycles. The highest BCUT2D eigenvalue weighted by Crippen LogP contribution is 2.40. The molecule has 1 heterocycles. The van der Waals surface area contributed by atoms with E-state index in [2.05, 4.69) is 5.32 Å². The van der Waals surface area contributed by atoms with Crippen molar-refractivity contribution in [2.24, 2.45) is 5.92 Å². The Morgan fingerprint density at radius 3 is 2.88 bits per heavy atom. The van der Waals surface area contributed by atoms with Crippen molar-refractivity contribution < 1.29 is 9.90 Å². The van der Waals surface area contributed by atoms with Crippen molar-refractivity contribution in [2.45, 2.75) is 44.4 Å². The van der Waals surface area contributed by atoms with Crippen molar-refractivity contribution in [2.75, 3.05) is 0 Å². The highest BCUT2D eigenvalue weighted by atomic mass is 16.3. The van der Waals surface area contributed by atoms with Crippen LogP contribution < -0.4 is 5.32 Å². The minimum absolute atomic E-state index is 0.0653. The van der Waals surface area contributed by atoms with E-state index in [4.69, 9.17) is 0 Å². The second kappa shape index (κ2) is 4.18. The maximum atomic E-state index is 11.6. The highest BCUT2D eigenvalue weighted by molar-refractivity contribution is 5.76. The summed E-state index contributed by atoms with van der Waals surface area (Å²) in [4.78, 5) is 11.6. The fourth-order valence-corrected chi connectivity index (χ4v) is 2.08. The predicted octanol–water partition coefficient (Wildman–Crippen LogP) is 1.21. The van der Waals surface area contributed by atoms with E-state index in [1.54, 1.807) is 0 Å². The molecule has 0 bridgehead atoms. The standard InChI is InChI=1S/C13H18N2O2/c16-12(14-11-3-4-11)8-15-6-5-10(7-15)13(17)9-1-2-9/h5-7,9,11,13,17H,1-4,8H2,(H,14,16). The van der Waals surface area contributed by atoms with Crippen LogP contribution in [-0.4, -0.2) is 21.6 Å². The van der Waals surface area contributed by atoms with Gasteiger partial charge in [-0.15, -0.1) is 0 Å². The molecule has 0 saturated heterocycles. The molecule has 0 aliphatic heterocycles. The summed E-state index contributed by atoms with van der Waals surface area (Å²) in [5, 5.41) is 12.9. The molecule has 2 aliphatic rings. The van der Waals surface area contributed by atoms with Crippen LogP contribution in [0, 0.1) is 5.92 Å². The third-order valence-corrected chi connectivity index (χ3v) is 3.45. The van der Waals surface area contributed by atoms with Gasteiger partial charge in [-0.2, -0.15) is 0 Å². The van der Waals surface area contributed by atoms with Crippen molar-refractivity contribution in [3.05, 3.63) is 24.0 Å². The molecule has 1 aromatic heterocycles. The van der Waals surface area contributed by atoms with E-state index in [1.807, 2.05) is 23.0 Å². The van der Waals surface area contributed by atoms with Crippen LogP contribution in [0.1, 0.15) is 37.4 Å².